The highest BCUT2D eigenvalue weighted by molar-refractivity contribution is 7.87. The highest BCUT2D eigenvalue weighted by Gasteiger charge is 2.38. The van der Waals surface area contributed by atoms with Crippen LogP contribution < -0.4 is 9.92 Å². The maximum atomic E-state index is 13.8. The van der Waals surface area contributed by atoms with Gasteiger partial charge in [0.2, 0.25) is 0 Å². The van der Waals surface area contributed by atoms with Crippen molar-refractivity contribution in [1.29, 1.82) is 0 Å². The average Bonchev–Trinajstić information content (AvgIpc) is 3.32. The van der Waals surface area contributed by atoms with Crippen LogP contribution in [0, 0.1) is 5.92 Å². The highest BCUT2D eigenvalue weighted by Crippen LogP contribution is 2.44. The van der Waals surface area contributed by atoms with Crippen LogP contribution in [0.5, 0.6) is 5.75 Å². The summed E-state index contributed by atoms with van der Waals surface area (Å²) in [5, 5.41) is 0. The van der Waals surface area contributed by atoms with Gasteiger partial charge in [-0.05, 0) is 65.9 Å². The third-order valence-electron chi connectivity index (χ3n) is 7.40. The van der Waals surface area contributed by atoms with Crippen molar-refractivity contribution < 1.29 is 31.7 Å². The lowest BCUT2D eigenvalue weighted by Crippen LogP contribution is -2.37. The zero-order valence-electron chi connectivity index (χ0n) is 23.9. The van der Waals surface area contributed by atoms with Gasteiger partial charge in [0.1, 0.15) is 17.3 Å². The third-order valence-corrected chi connectivity index (χ3v) is 8.66. The van der Waals surface area contributed by atoms with Gasteiger partial charge >= 0.3 is 22.1 Å². The van der Waals surface area contributed by atoms with Crippen molar-refractivity contribution in [3.63, 3.8) is 0 Å². The summed E-state index contributed by atoms with van der Waals surface area (Å²) in [6.07, 6.45) is -0.413. The number of carbonyl (C=O) groups excluding carboxylic acids is 2. The van der Waals surface area contributed by atoms with Gasteiger partial charge in [0, 0.05) is 12.5 Å². The predicted octanol–water partition coefficient (Wildman–Crippen LogP) is 5.42. The molecule has 0 bridgehead atoms. The number of esters is 2. The molecule has 1 aliphatic carbocycles. The molecule has 0 aliphatic heterocycles. The first-order valence-corrected chi connectivity index (χ1v) is 15.5. The Kier molecular flexibility index (Phi) is 8.94. The van der Waals surface area contributed by atoms with Crippen LogP contribution in [0.4, 0.5) is 0 Å². The minimum Gasteiger partial charge on any atom is -0.464 e. The van der Waals surface area contributed by atoms with E-state index in [4.69, 9.17) is 19.4 Å². The fourth-order valence-corrected chi connectivity index (χ4v) is 6.36. The second-order valence-corrected chi connectivity index (χ2v) is 12.1. The van der Waals surface area contributed by atoms with Gasteiger partial charge in [-0.25, -0.2) is 0 Å². The molecule has 5 rings (SSSR count). The number of hydrogen-bond donors (Lipinski definition) is 1. The second-order valence-electron chi connectivity index (χ2n) is 10.6. The second kappa shape index (κ2) is 12.8. The largest absolute Gasteiger partial charge is 0.464 e. The van der Waals surface area contributed by atoms with Crippen molar-refractivity contribution >= 4 is 22.1 Å². The normalized spacial score (nSPS) is 14.0. The average molecular weight is 600 g/mol. The maximum absolute atomic E-state index is 13.8. The summed E-state index contributed by atoms with van der Waals surface area (Å²) in [5.74, 6) is -3.50. The molecule has 4 aromatic carbocycles. The molecule has 0 fully saturated rings. The molecule has 2 atom stereocenters. The molecule has 4 aromatic rings. The molecule has 9 heteroatoms. The van der Waals surface area contributed by atoms with Crippen molar-refractivity contribution in [1.82, 2.24) is 0 Å². The third kappa shape index (κ3) is 6.48. The van der Waals surface area contributed by atoms with E-state index in [1.165, 1.54) is 36.4 Å². The van der Waals surface area contributed by atoms with E-state index < -0.39 is 40.0 Å². The summed E-state index contributed by atoms with van der Waals surface area (Å²) < 4.78 is 42.0. The van der Waals surface area contributed by atoms with E-state index in [1.807, 2.05) is 48.5 Å². The summed E-state index contributed by atoms with van der Waals surface area (Å²) in [5.41, 5.74) is 10.8. The SMILES string of the molecule is CC(C)OC(=O)C(CN)C(C(=O)OCC1c2ccccc2-c2ccccc21)c1ccc(OS(=O)(=O)c2ccccc2)cc1. The molecule has 2 N–H and O–H groups in total. The van der Waals surface area contributed by atoms with Gasteiger partial charge < -0.3 is 19.4 Å². The van der Waals surface area contributed by atoms with Crippen molar-refractivity contribution in [2.24, 2.45) is 11.7 Å². The number of fused-ring (bicyclic) bond motifs is 3. The molecule has 0 heterocycles. The molecule has 0 aromatic heterocycles. The molecule has 0 radical (unpaired) electrons. The first-order chi connectivity index (χ1) is 20.7. The Bertz CT molecular complexity index is 1660. The Hall–Kier alpha value is -4.47. The van der Waals surface area contributed by atoms with Gasteiger partial charge in [-0.3, -0.25) is 9.59 Å². The monoisotopic (exact) mass is 599 g/mol. The lowest BCUT2D eigenvalue weighted by Gasteiger charge is -2.25. The fraction of sp³-hybridized carbons (Fsp3) is 0.235. The summed E-state index contributed by atoms with van der Waals surface area (Å²) in [6.45, 7) is 3.33. The summed E-state index contributed by atoms with van der Waals surface area (Å²) in [4.78, 5) is 26.9. The number of benzene rings is 4. The molecule has 1 aliphatic rings. The number of rotatable bonds is 11. The van der Waals surface area contributed by atoms with E-state index in [9.17, 15) is 18.0 Å². The van der Waals surface area contributed by atoms with E-state index >= 15 is 0 Å². The lowest BCUT2D eigenvalue weighted by molar-refractivity contribution is -0.159. The summed E-state index contributed by atoms with van der Waals surface area (Å²) >= 11 is 0. The predicted molar refractivity (Wildman–Crippen MR) is 162 cm³/mol. The van der Waals surface area contributed by atoms with Crippen molar-refractivity contribution in [2.75, 3.05) is 13.2 Å². The Balaban J connectivity index is 1.41. The quantitative estimate of drug-likeness (QED) is 0.179. The van der Waals surface area contributed by atoms with Crippen LogP contribution in [0.1, 0.15) is 42.4 Å². The Morgan fingerprint density at radius 2 is 1.33 bits per heavy atom. The van der Waals surface area contributed by atoms with Crippen molar-refractivity contribution in [3.8, 4) is 16.9 Å². The summed E-state index contributed by atoms with van der Waals surface area (Å²) in [6, 6.07) is 29.7. The van der Waals surface area contributed by atoms with E-state index in [0.717, 1.165) is 22.3 Å². The van der Waals surface area contributed by atoms with Crippen LogP contribution in [-0.4, -0.2) is 39.6 Å². The lowest BCUT2D eigenvalue weighted by atomic mass is 9.85. The Labute approximate surface area is 251 Å². The van der Waals surface area contributed by atoms with Crippen molar-refractivity contribution in [2.45, 2.75) is 36.7 Å². The van der Waals surface area contributed by atoms with Gasteiger partial charge in [0.25, 0.3) is 0 Å². The van der Waals surface area contributed by atoms with Crippen LogP contribution in [0.2, 0.25) is 0 Å². The Morgan fingerprint density at radius 3 is 1.88 bits per heavy atom. The molecule has 0 spiro atoms. The van der Waals surface area contributed by atoms with E-state index in [1.54, 1.807) is 32.0 Å². The maximum Gasteiger partial charge on any atom is 0.339 e. The number of hydrogen-bond acceptors (Lipinski definition) is 8. The van der Waals surface area contributed by atoms with E-state index in [-0.39, 0.29) is 29.7 Å². The number of nitrogens with two attached hydrogens (primary N) is 1. The minimum absolute atomic E-state index is 0.00946. The number of carbonyl (C=O) groups is 2. The van der Waals surface area contributed by atoms with Crippen LogP contribution in [0.3, 0.4) is 0 Å². The van der Waals surface area contributed by atoms with E-state index in [2.05, 4.69) is 0 Å². The summed E-state index contributed by atoms with van der Waals surface area (Å²) in [7, 11) is -4.06. The molecule has 2 unspecified atom stereocenters. The van der Waals surface area contributed by atoms with Crippen LogP contribution >= 0.6 is 0 Å². The smallest absolute Gasteiger partial charge is 0.339 e. The molecule has 222 valence electrons. The van der Waals surface area contributed by atoms with Gasteiger partial charge in [0.05, 0.1) is 17.9 Å². The zero-order valence-corrected chi connectivity index (χ0v) is 24.7. The van der Waals surface area contributed by atoms with Gasteiger partial charge in [-0.2, -0.15) is 8.42 Å². The molecule has 0 amide bonds. The Morgan fingerprint density at radius 1 is 0.767 bits per heavy atom. The molecule has 43 heavy (non-hydrogen) atoms. The first kappa shape index (κ1) is 30.0. The highest BCUT2D eigenvalue weighted by atomic mass is 32.2. The first-order valence-electron chi connectivity index (χ1n) is 14.0. The molecule has 0 saturated carbocycles. The molecule has 0 saturated heterocycles. The topological polar surface area (TPSA) is 122 Å². The molecular weight excluding hydrogens is 566 g/mol. The minimum atomic E-state index is -4.06. The van der Waals surface area contributed by atoms with Crippen LogP contribution in [0.25, 0.3) is 11.1 Å². The van der Waals surface area contributed by atoms with Gasteiger partial charge in [0.15, 0.2) is 0 Å². The zero-order chi connectivity index (χ0) is 30.6. The van der Waals surface area contributed by atoms with Crippen molar-refractivity contribution in [3.05, 3.63) is 120 Å². The molecular formula is C34H33NO7S. The fourth-order valence-electron chi connectivity index (χ4n) is 5.41. The number of ether oxygens (including phenoxy) is 2. The van der Waals surface area contributed by atoms with Gasteiger partial charge in [-0.15, -0.1) is 0 Å². The van der Waals surface area contributed by atoms with Crippen LogP contribution in [-0.2, 0) is 29.2 Å². The van der Waals surface area contributed by atoms with Crippen LogP contribution in [0.15, 0.2) is 108 Å². The van der Waals surface area contributed by atoms with Gasteiger partial charge in [-0.1, -0.05) is 78.9 Å². The molecule has 8 nitrogen and oxygen atoms in total. The van der Waals surface area contributed by atoms with E-state index in [0.29, 0.717) is 5.56 Å². The standard InChI is InChI=1S/C34H33NO7S/c1-22(2)41-33(36)30(20-35)32(23-16-18-24(19-17-23)42-43(38,39)25-10-4-3-5-11-25)34(37)40-21-31-28-14-8-6-12-26(28)27-13-7-9-15-29(27)31/h3-19,22,30-32H,20-21,35H2,1-2H3.